The average molecular weight is 388 g/mol. The zero-order chi connectivity index (χ0) is 14.0. The third-order valence-electron chi connectivity index (χ3n) is 2.23. The summed E-state index contributed by atoms with van der Waals surface area (Å²) in [5.41, 5.74) is 0.257. The molecular weight excluding hydrogens is 380 g/mol. The van der Waals surface area contributed by atoms with Gasteiger partial charge in [-0.3, -0.25) is 9.59 Å². The number of carbonyl (C=O) groups is 1. The fourth-order valence-corrected chi connectivity index (χ4v) is 2.27. The van der Waals surface area contributed by atoms with E-state index < -0.39 is 11.5 Å². The van der Waals surface area contributed by atoms with Crippen LogP contribution < -0.4 is 10.9 Å². The van der Waals surface area contributed by atoms with Crippen molar-refractivity contribution in [2.45, 2.75) is 6.92 Å². The predicted octanol–water partition coefficient (Wildman–Crippen LogP) is 2.25. The molecule has 0 saturated heterocycles. The molecule has 0 aliphatic carbocycles. The van der Waals surface area contributed by atoms with Crippen molar-refractivity contribution in [1.82, 2.24) is 15.0 Å². The Labute approximate surface area is 124 Å². The summed E-state index contributed by atoms with van der Waals surface area (Å²) >= 11 is 6.33. The topological polar surface area (TPSA) is 87.7 Å². The number of H-pyrrole nitrogens is 1. The van der Waals surface area contributed by atoms with E-state index in [1.807, 2.05) is 0 Å². The molecule has 0 saturated carbocycles. The van der Waals surface area contributed by atoms with E-state index in [0.717, 1.165) is 0 Å². The first kappa shape index (κ1) is 13.9. The molecule has 0 aliphatic rings. The largest absolute Gasteiger partial charge is 0.326 e. The van der Waals surface area contributed by atoms with E-state index >= 15 is 0 Å². The van der Waals surface area contributed by atoms with E-state index in [2.05, 4.69) is 52.1 Å². The van der Waals surface area contributed by atoms with Crippen LogP contribution in [-0.2, 0) is 0 Å². The third-order valence-corrected chi connectivity index (χ3v) is 3.17. The number of nitrogens with zero attached hydrogens (tertiary/aromatic N) is 2. The summed E-state index contributed by atoms with van der Waals surface area (Å²) in [6.07, 6.45) is 1.44. The summed E-state index contributed by atoms with van der Waals surface area (Å²) in [7, 11) is 0. The van der Waals surface area contributed by atoms with Crippen molar-refractivity contribution >= 4 is 43.6 Å². The molecule has 2 aromatic heterocycles. The van der Waals surface area contributed by atoms with Gasteiger partial charge in [0.05, 0.1) is 6.20 Å². The number of nitrogens with one attached hydrogen (secondary N) is 2. The summed E-state index contributed by atoms with van der Waals surface area (Å²) in [5, 5.41) is 2.51. The Morgan fingerprint density at radius 2 is 2.11 bits per heavy atom. The van der Waals surface area contributed by atoms with E-state index in [0.29, 0.717) is 14.9 Å². The highest BCUT2D eigenvalue weighted by Gasteiger charge is 2.13. The predicted molar refractivity (Wildman–Crippen MR) is 77.2 cm³/mol. The Bertz CT molecular complexity index is 699. The zero-order valence-electron chi connectivity index (χ0n) is 9.70. The van der Waals surface area contributed by atoms with Crippen LogP contribution in [0.1, 0.15) is 16.1 Å². The Kier molecular flexibility index (Phi) is 4.11. The second kappa shape index (κ2) is 5.62. The van der Waals surface area contributed by atoms with Crippen LogP contribution in [0, 0.1) is 6.92 Å². The molecule has 2 N–H and O–H groups in total. The lowest BCUT2D eigenvalue weighted by atomic mass is 10.2. The van der Waals surface area contributed by atoms with Gasteiger partial charge in [0.1, 0.15) is 14.8 Å². The average Bonchev–Trinajstić information content (AvgIpc) is 2.32. The van der Waals surface area contributed by atoms with E-state index in [4.69, 9.17) is 0 Å². The zero-order valence-corrected chi connectivity index (χ0v) is 12.9. The van der Waals surface area contributed by atoms with Gasteiger partial charge in [-0.25, -0.2) is 9.97 Å². The van der Waals surface area contributed by atoms with Gasteiger partial charge in [0.15, 0.2) is 5.82 Å². The molecule has 2 heterocycles. The second-order valence-corrected chi connectivity index (χ2v) is 5.23. The van der Waals surface area contributed by atoms with Gasteiger partial charge in [-0.05, 0) is 50.9 Å². The molecule has 0 unspecified atom stereocenters. The second-order valence-electron chi connectivity index (χ2n) is 3.67. The van der Waals surface area contributed by atoms with Crippen molar-refractivity contribution in [2.75, 3.05) is 5.32 Å². The van der Waals surface area contributed by atoms with Crippen LogP contribution in [0.3, 0.4) is 0 Å². The molecular formula is C11H8Br2N4O2. The quantitative estimate of drug-likeness (QED) is 0.827. The number of aromatic nitrogens is 3. The molecule has 0 radical (unpaired) electrons. The van der Waals surface area contributed by atoms with Crippen LogP contribution in [-0.4, -0.2) is 20.9 Å². The third kappa shape index (κ3) is 3.27. The van der Waals surface area contributed by atoms with Crippen molar-refractivity contribution in [3.63, 3.8) is 0 Å². The summed E-state index contributed by atoms with van der Waals surface area (Å²) in [4.78, 5) is 34.2. The maximum absolute atomic E-state index is 12.0. The van der Waals surface area contributed by atoms with Crippen LogP contribution >= 0.6 is 31.9 Å². The first-order valence-electron chi connectivity index (χ1n) is 5.16. The van der Waals surface area contributed by atoms with E-state index in [1.54, 1.807) is 13.0 Å². The van der Waals surface area contributed by atoms with Gasteiger partial charge < -0.3 is 10.3 Å². The molecule has 0 spiro atoms. The van der Waals surface area contributed by atoms with Gasteiger partial charge in [0.2, 0.25) is 0 Å². The maximum Gasteiger partial charge on any atom is 0.262 e. The van der Waals surface area contributed by atoms with Gasteiger partial charge in [-0.2, -0.15) is 0 Å². The van der Waals surface area contributed by atoms with Gasteiger partial charge in [0, 0.05) is 5.69 Å². The van der Waals surface area contributed by atoms with Crippen molar-refractivity contribution in [3.8, 4) is 0 Å². The minimum atomic E-state index is -0.543. The number of pyridine rings is 1. The van der Waals surface area contributed by atoms with Crippen LogP contribution in [0.25, 0.3) is 0 Å². The molecule has 0 bridgehead atoms. The number of rotatable bonds is 2. The Morgan fingerprint density at radius 1 is 1.37 bits per heavy atom. The van der Waals surface area contributed by atoms with E-state index in [9.17, 15) is 9.59 Å². The molecule has 98 valence electrons. The standard InChI is InChI=1S/C11H8Br2N4O2/c1-5-2-3-6(10(18)15-5)11(19)17-9-8(13)16-7(12)4-14-9/h2-4H,1H3,(H,15,18)(H,14,17,19). The Hall–Kier alpha value is -1.54. The van der Waals surface area contributed by atoms with E-state index in [-0.39, 0.29) is 11.4 Å². The molecule has 0 aromatic carbocycles. The highest BCUT2D eigenvalue weighted by Crippen LogP contribution is 2.19. The highest BCUT2D eigenvalue weighted by molar-refractivity contribution is 9.11. The fourth-order valence-electron chi connectivity index (χ4n) is 1.36. The van der Waals surface area contributed by atoms with E-state index in [1.165, 1.54) is 12.3 Å². The van der Waals surface area contributed by atoms with Crippen molar-refractivity contribution in [3.05, 3.63) is 49.1 Å². The number of aromatic amines is 1. The highest BCUT2D eigenvalue weighted by atomic mass is 79.9. The smallest absolute Gasteiger partial charge is 0.262 e. The van der Waals surface area contributed by atoms with Gasteiger partial charge in [0.25, 0.3) is 11.5 Å². The molecule has 2 aromatic rings. The molecule has 0 fully saturated rings. The Balaban J connectivity index is 2.28. The molecule has 19 heavy (non-hydrogen) atoms. The number of anilines is 1. The van der Waals surface area contributed by atoms with Crippen molar-refractivity contribution in [2.24, 2.45) is 0 Å². The SMILES string of the molecule is Cc1ccc(C(=O)Nc2ncc(Br)nc2Br)c(=O)[nH]1. The van der Waals surface area contributed by atoms with Crippen molar-refractivity contribution < 1.29 is 4.79 Å². The lowest BCUT2D eigenvalue weighted by Crippen LogP contribution is -2.24. The minimum absolute atomic E-state index is 0.0159. The first-order chi connectivity index (χ1) is 8.97. The lowest BCUT2D eigenvalue weighted by molar-refractivity contribution is 0.102. The Morgan fingerprint density at radius 3 is 2.74 bits per heavy atom. The number of amides is 1. The molecule has 1 amide bonds. The molecule has 0 atom stereocenters. The minimum Gasteiger partial charge on any atom is -0.326 e. The molecule has 8 heteroatoms. The number of halogens is 2. The van der Waals surface area contributed by atoms with Gasteiger partial charge in [-0.15, -0.1) is 0 Å². The summed E-state index contributed by atoms with van der Waals surface area (Å²) < 4.78 is 0.907. The lowest BCUT2D eigenvalue weighted by Gasteiger charge is -2.05. The van der Waals surface area contributed by atoms with Crippen LogP contribution in [0.15, 0.2) is 32.3 Å². The number of hydrogen-bond donors (Lipinski definition) is 2. The molecule has 0 aliphatic heterocycles. The van der Waals surface area contributed by atoms with Gasteiger partial charge in [-0.1, -0.05) is 0 Å². The normalized spacial score (nSPS) is 10.3. The fraction of sp³-hybridized carbons (Fsp3) is 0.0909. The molecule has 2 rings (SSSR count). The summed E-state index contributed by atoms with van der Waals surface area (Å²) in [5.74, 6) is -0.299. The summed E-state index contributed by atoms with van der Waals surface area (Å²) in [6.45, 7) is 1.74. The number of carbonyl (C=O) groups excluding carboxylic acids is 1. The van der Waals surface area contributed by atoms with Crippen molar-refractivity contribution in [1.29, 1.82) is 0 Å². The summed E-state index contributed by atoms with van der Waals surface area (Å²) in [6, 6.07) is 3.11. The number of hydrogen-bond acceptors (Lipinski definition) is 4. The molecule has 6 nitrogen and oxygen atoms in total. The van der Waals surface area contributed by atoms with Gasteiger partial charge >= 0.3 is 0 Å². The first-order valence-corrected chi connectivity index (χ1v) is 6.75. The van der Waals surface area contributed by atoms with Crippen LogP contribution in [0.5, 0.6) is 0 Å². The van der Waals surface area contributed by atoms with Crippen LogP contribution in [0.2, 0.25) is 0 Å². The monoisotopic (exact) mass is 386 g/mol. The maximum atomic E-state index is 12.0. The van der Waals surface area contributed by atoms with Crippen LogP contribution in [0.4, 0.5) is 5.82 Å². The number of aryl methyl sites for hydroxylation is 1.